The van der Waals surface area contributed by atoms with Crippen molar-refractivity contribution >= 4 is 46.1 Å². The zero-order valence-electron chi connectivity index (χ0n) is 16.8. The minimum absolute atomic E-state index is 0.611. The van der Waals surface area contributed by atoms with Gasteiger partial charge in [0.1, 0.15) is 0 Å². The lowest BCUT2D eigenvalue weighted by atomic mass is 10.2. The van der Waals surface area contributed by atoms with E-state index in [4.69, 9.17) is 28.2 Å². The molecule has 7 heteroatoms. The first kappa shape index (κ1) is 19.9. The molecule has 0 bridgehead atoms. The molecule has 1 aliphatic rings. The number of imidazole rings is 1. The van der Waals surface area contributed by atoms with Gasteiger partial charge in [0.05, 0.1) is 24.1 Å². The Morgan fingerprint density at radius 1 is 0.806 bits per heavy atom. The maximum Gasteiger partial charge on any atom is 0.211 e. The largest absolute Gasteiger partial charge is 0.336 e. The van der Waals surface area contributed by atoms with Gasteiger partial charge in [0.25, 0.3) is 0 Å². The number of nitrogens with zero attached hydrogens (tertiary/aromatic N) is 4. The summed E-state index contributed by atoms with van der Waals surface area (Å²) in [5.41, 5.74) is 4.08. The molecule has 0 amide bonds. The number of aliphatic imine (C=N–C) groups is 1. The third kappa shape index (κ3) is 4.11. The van der Waals surface area contributed by atoms with Gasteiger partial charge in [-0.2, -0.15) is 0 Å². The smallest absolute Gasteiger partial charge is 0.211 e. The number of guanidine groups is 1. The second kappa shape index (κ2) is 8.61. The van der Waals surface area contributed by atoms with Gasteiger partial charge in [-0.25, -0.2) is 4.98 Å². The lowest BCUT2D eigenvalue weighted by Crippen LogP contribution is -2.33. The van der Waals surface area contributed by atoms with Crippen LogP contribution in [0.3, 0.4) is 0 Å². The van der Waals surface area contributed by atoms with Gasteiger partial charge in [-0.3, -0.25) is 10.3 Å². The molecule has 31 heavy (non-hydrogen) atoms. The van der Waals surface area contributed by atoms with E-state index in [2.05, 4.69) is 25.8 Å². The number of nitrogens with one attached hydrogen (secondary N) is 1. The van der Waals surface area contributed by atoms with Crippen LogP contribution in [-0.4, -0.2) is 33.5 Å². The van der Waals surface area contributed by atoms with Gasteiger partial charge in [0.2, 0.25) is 11.9 Å². The van der Waals surface area contributed by atoms with Crippen LogP contribution in [0.25, 0.3) is 11.0 Å². The van der Waals surface area contributed by atoms with E-state index in [1.54, 1.807) is 0 Å². The molecule has 0 unspecified atom stereocenters. The van der Waals surface area contributed by atoms with Crippen molar-refractivity contribution in [3.8, 4) is 0 Å². The van der Waals surface area contributed by atoms with E-state index >= 15 is 0 Å². The van der Waals surface area contributed by atoms with E-state index in [-0.39, 0.29) is 0 Å². The number of aromatic nitrogens is 2. The highest BCUT2D eigenvalue weighted by Gasteiger charge is 2.21. The van der Waals surface area contributed by atoms with E-state index in [0.717, 1.165) is 57.2 Å². The van der Waals surface area contributed by atoms with Crippen LogP contribution < -0.4 is 5.32 Å². The van der Waals surface area contributed by atoms with Crippen molar-refractivity contribution in [1.29, 1.82) is 0 Å². The van der Waals surface area contributed by atoms with Crippen LogP contribution >= 0.6 is 23.2 Å². The monoisotopic (exact) mass is 449 g/mol. The molecule has 3 aromatic carbocycles. The molecule has 5 nitrogen and oxygen atoms in total. The predicted octanol–water partition coefficient (Wildman–Crippen LogP) is 5.68. The summed E-state index contributed by atoms with van der Waals surface area (Å²) in [4.78, 5) is 11.7. The van der Waals surface area contributed by atoms with Crippen LogP contribution in [0.1, 0.15) is 11.1 Å². The van der Waals surface area contributed by atoms with Crippen LogP contribution in [0.5, 0.6) is 0 Å². The van der Waals surface area contributed by atoms with Gasteiger partial charge >= 0.3 is 0 Å². The summed E-state index contributed by atoms with van der Waals surface area (Å²) < 4.78 is 2.14. The van der Waals surface area contributed by atoms with Gasteiger partial charge in [0.15, 0.2) is 0 Å². The highest BCUT2D eigenvalue weighted by Crippen LogP contribution is 2.25. The summed E-state index contributed by atoms with van der Waals surface area (Å²) in [7, 11) is 0. The van der Waals surface area contributed by atoms with Gasteiger partial charge in [-0.1, -0.05) is 71.7 Å². The summed E-state index contributed by atoms with van der Waals surface area (Å²) in [6, 6.07) is 23.9. The fourth-order valence-corrected chi connectivity index (χ4v) is 4.21. The average molecular weight is 450 g/mol. The highest BCUT2D eigenvalue weighted by molar-refractivity contribution is 6.31. The molecule has 4 aromatic rings. The Morgan fingerprint density at radius 2 is 1.45 bits per heavy atom. The summed E-state index contributed by atoms with van der Waals surface area (Å²) in [5.74, 6) is 1.54. The van der Waals surface area contributed by atoms with Crippen molar-refractivity contribution in [3.05, 3.63) is 94.0 Å². The number of halogens is 2. The molecular formula is C24H21Cl2N5. The van der Waals surface area contributed by atoms with Gasteiger partial charge in [0, 0.05) is 23.1 Å². The molecule has 2 heterocycles. The Bertz CT molecular complexity index is 1260. The fourth-order valence-electron chi connectivity index (χ4n) is 3.82. The van der Waals surface area contributed by atoms with E-state index < -0.39 is 0 Å². The van der Waals surface area contributed by atoms with Gasteiger partial charge < -0.3 is 9.47 Å². The first-order chi connectivity index (χ1) is 15.2. The second-order valence-electron chi connectivity index (χ2n) is 7.44. The minimum Gasteiger partial charge on any atom is -0.336 e. The highest BCUT2D eigenvalue weighted by atomic mass is 35.5. The summed E-state index contributed by atoms with van der Waals surface area (Å²) in [5, 5.41) is 4.97. The Labute approximate surface area is 190 Å². The Hall–Kier alpha value is -3.02. The first-order valence-corrected chi connectivity index (χ1v) is 10.9. The summed E-state index contributed by atoms with van der Waals surface area (Å²) in [6.07, 6.45) is 0. The summed E-state index contributed by atoms with van der Waals surface area (Å²) in [6.45, 7) is 2.87. The van der Waals surface area contributed by atoms with Crippen molar-refractivity contribution in [2.24, 2.45) is 4.99 Å². The molecule has 0 radical (unpaired) electrons. The lowest BCUT2D eigenvalue weighted by Gasteiger charge is -2.22. The molecular weight excluding hydrogens is 429 g/mol. The zero-order valence-corrected chi connectivity index (χ0v) is 18.3. The van der Waals surface area contributed by atoms with Crippen LogP contribution in [0.2, 0.25) is 10.0 Å². The quantitative estimate of drug-likeness (QED) is 0.426. The molecule has 0 saturated carbocycles. The number of hydrogen-bond acceptors (Lipinski definition) is 4. The molecule has 0 aliphatic carbocycles. The van der Waals surface area contributed by atoms with E-state index in [0.29, 0.717) is 13.1 Å². The molecule has 5 rings (SSSR count). The van der Waals surface area contributed by atoms with Crippen LogP contribution in [0, 0.1) is 0 Å². The second-order valence-corrected chi connectivity index (χ2v) is 8.26. The normalized spacial score (nSPS) is 13.6. The molecule has 1 aliphatic heterocycles. The van der Waals surface area contributed by atoms with Crippen molar-refractivity contribution in [3.63, 3.8) is 0 Å². The van der Waals surface area contributed by atoms with Crippen LogP contribution in [0.4, 0.5) is 5.95 Å². The van der Waals surface area contributed by atoms with Crippen LogP contribution in [0.15, 0.2) is 77.8 Å². The molecule has 0 atom stereocenters. The zero-order chi connectivity index (χ0) is 21.2. The standard InChI is InChI=1S/C24H21Cl2N5/c25-19-9-3-1-7-17(19)15-30-14-13-27-23(30)29-24-28-21-11-5-6-12-22(21)31(24)16-18-8-2-4-10-20(18)26/h1-12H,13-16H2,(H,27,28,29). The molecule has 156 valence electrons. The first-order valence-electron chi connectivity index (χ1n) is 10.2. The fraction of sp³-hybridized carbons (Fsp3) is 0.167. The summed E-state index contributed by atoms with van der Waals surface area (Å²) >= 11 is 12.8. The number of anilines is 1. The van der Waals surface area contributed by atoms with Crippen molar-refractivity contribution < 1.29 is 0 Å². The van der Waals surface area contributed by atoms with Crippen molar-refractivity contribution in [2.75, 3.05) is 18.4 Å². The molecule has 1 N–H and O–H groups in total. The average Bonchev–Trinajstić information content (AvgIpc) is 3.36. The Kier molecular flexibility index (Phi) is 5.53. The molecule has 0 saturated heterocycles. The molecule has 0 fully saturated rings. The van der Waals surface area contributed by atoms with E-state index in [9.17, 15) is 0 Å². The maximum atomic E-state index is 6.44. The number of hydrogen-bond donors (Lipinski definition) is 1. The Morgan fingerprint density at radius 3 is 2.19 bits per heavy atom. The predicted molar refractivity (Wildman–Crippen MR) is 128 cm³/mol. The van der Waals surface area contributed by atoms with E-state index in [1.807, 2.05) is 66.7 Å². The number of fused-ring (bicyclic) bond motifs is 1. The Balaban J connectivity index is 1.46. The topological polar surface area (TPSA) is 45.4 Å². The van der Waals surface area contributed by atoms with Gasteiger partial charge in [-0.05, 0) is 35.4 Å². The minimum atomic E-state index is 0.611. The maximum absolute atomic E-state index is 6.44. The third-order valence-electron chi connectivity index (χ3n) is 5.41. The van der Waals surface area contributed by atoms with Crippen LogP contribution in [-0.2, 0) is 13.1 Å². The van der Waals surface area contributed by atoms with E-state index in [1.165, 1.54) is 0 Å². The number of benzene rings is 3. The third-order valence-corrected chi connectivity index (χ3v) is 6.15. The molecule has 1 aromatic heterocycles. The van der Waals surface area contributed by atoms with Gasteiger partial charge in [-0.15, -0.1) is 0 Å². The van der Waals surface area contributed by atoms with Crippen molar-refractivity contribution in [1.82, 2.24) is 14.5 Å². The molecule has 0 spiro atoms. The lowest BCUT2D eigenvalue weighted by molar-refractivity contribution is 0.451. The SMILES string of the molecule is Clc1ccccc1CN1CCN=C1Nc1nc2ccccc2n1Cc1ccccc1Cl. The number of rotatable bonds is 5. The number of para-hydroxylation sites is 2. The van der Waals surface area contributed by atoms with Crippen molar-refractivity contribution in [2.45, 2.75) is 13.1 Å².